The number of carbonyl (C=O) groups is 2. The first-order valence-corrected chi connectivity index (χ1v) is 11.8. The van der Waals surface area contributed by atoms with Gasteiger partial charge in [-0.1, -0.05) is 23.7 Å². The Bertz CT molecular complexity index is 1190. The Balaban J connectivity index is 1.79. The molecule has 0 saturated carbocycles. The average molecular weight is 476 g/mol. The van der Waals surface area contributed by atoms with Crippen molar-refractivity contribution in [2.45, 2.75) is 19.5 Å². The number of anilines is 2. The summed E-state index contributed by atoms with van der Waals surface area (Å²) >= 11 is 5.89. The van der Waals surface area contributed by atoms with Crippen molar-refractivity contribution in [2.75, 3.05) is 15.9 Å². The predicted molar refractivity (Wildman–Crippen MR) is 123 cm³/mol. The van der Waals surface area contributed by atoms with Crippen molar-refractivity contribution in [1.29, 1.82) is 0 Å². The van der Waals surface area contributed by atoms with Gasteiger partial charge in [0.2, 0.25) is 15.9 Å². The van der Waals surface area contributed by atoms with E-state index in [1.807, 2.05) is 0 Å². The molecule has 32 heavy (non-hydrogen) atoms. The number of nitrogens with one attached hydrogen (secondary N) is 2. The zero-order valence-corrected chi connectivity index (χ0v) is 19.0. The van der Waals surface area contributed by atoms with E-state index >= 15 is 0 Å². The molecule has 1 atom stereocenters. The maximum absolute atomic E-state index is 13.0. The number of benzene rings is 2. The van der Waals surface area contributed by atoms with Crippen molar-refractivity contribution < 1.29 is 22.4 Å². The molecule has 0 spiro atoms. The summed E-state index contributed by atoms with van der Waals surface area (Å²) in [5.41, 5.74) is 0.784. The summed E-state index contributed by atoms with van der Waals surface area (Å²) in [6.07, 6.45) is 2.52. The number of furan rings is 1. The van der Waals surface area contributed by atoms with Crippen molar-refractivity contribution >= 4 is 44.8 Å². The van der Waals surface area contributed by atoms with Crippen LogP contribution in [0.5, 0.6) is 0 Å². The molecule has 0 fully saturated rings. The lowest BCUT2D eigenvalue weighted by Gasteiger charge is -2.28. The minimum absolute atomic E-state index is 0.183. The molecule has 168 valence electrons. The Kier molecular flexibility index (Phi) is 7.22. The summed E-state index contributed by atoms with van der Waals surface area (Å²) in [7, 11) is -3.79. The standard InChI is InChI=1S/C22H22ClN3O5S/c1-15(26(32(2,29)30)17-11-9-16(23)10-12-17)21(27)25-20-8-4-3-7-19(20)22(28)24-14-18-6-5-13-31-18/h3-13,15H,14H2,1-2H3,(H,24,28)(H,25,27). The lowest BCUT2D eigenvalue weighted by Crippen LogP contribution is -2.45. The summed E-state index contributed by atoms with van der Waals surface area (Å²) in [6.45, 7) is 1.65. The number of nitrogens with zero attached hydrogens (tertiary/aromatic N) is 1. The first-order valence-electron chi connectivity index (χ1n) is 9.62. The van der Waals surface area contributed by atoms with Gasteiger partial charge in [0.15, 0.2) is 0 Å². The molecule has 0 aliphatic heterocycles. The fourth-order valence-electron chi connectivity index (χ4n) is 3.10. The molecule has 10 heteroatoms. The summed E-state index contributed by atoms with van der Waals surface area (Å²) in [5.74, 6) is -0.431. The third-order valence-corrected chi connectivity index (χ3v) is 6.10. The van der Waals surface area contributed by atoms with Gasteiger partial charge in [-0.25, -0.2) is 8.42 Å². The highest BCUT2D eigenvalue weighted by atomic mass is 35.5. The minimum atomic E-state index is -3.79. The highest BCUT2D eigenvalue weighted by molar-refractivity contribution is 7.92. The topological polar surface area (TPSA) is 109 Å². The molecule has 1 heterocycles. The van der Waals surface area contributed by atoms with Crippen LogP contribution in [0.1, 0.15) is 23.0 Å². The normalized spacial score (nSPS) is 12.1. The van der Waals surface area contributed by atoms with Crippen LogP contribution in [0.4, 0.5) is 11.4 Å². The Morgan fingerprint density at radius 1 is 1.06 bits per heavy atom. The Morgan fingerprint density at radius 2 is 1.75 bits per heavy atom. The van der Waals surface area contributed by atoms with Gasteiger partial charge in [-0.05, 0) is 55.5 Å². The number of hydrogen-bond acceptors (Lipinski definition) is 5. The van der Waals surface area contributed by atoms with E-state index in [2.05, 4.69) is 10.6 Å². The third-order valence-electron chi connectivity index (χ3n) is 4.60. The molecule has 2 aromatic carbocycles. The van der Waals surface area contributed by atoms with Crippen LogP contribution in [0.25, 0.3) is 0 Å². The van der Waals surface area contributed by atoms with E-state index in [-0.39, 0.29) is 17.8 Å². The second-order valence-corrected chi connectivity index (χ2v) is 9.30. The van der Waals surface area contributed by atoms with Crippen LogP contribution in [0, 0.1) is 0 Å². The zero-order valence-electron chi connectivity index (χ0n) is 17.4. The van der Waals surface area contributed by atoms with E-state index in [4.69, 9.17) is 16.0 Å². The summed E-state index contributed by atoms with van der Waals surface area (Å²) in [6, 6.07) is 14.9. The molecular formula is C22H22ClN3O5S. The second kappa shape index (κ2) is 9.88. The van der Waals surface area contributed by atoms with E-state index in [1.165, 1.54) is 25.3 Å². The van der Waals surface area contributed by atoms with Crippen LogP contribution < -0.4 is 14.9 Å². The van der Waals surface area contributed by atoms with Gasteiger partial charge in [-0.2, -0.15) is 0 Å². The van der Waals surface area contributed by atoms with Crippen molar-refractivity contribution in [1.82, 2.24) is 5.32 Å². The molecule has 0 saturated heterocycles. The van der Waals surface area contributed by atoms with Crippen LogP contribution in [-0.4, -0.2) is 32.5 Å². The van der Waals surface area contributed by atoms with Crippen molar-refractivity contribution in [3.8, 4) is 0 Å². The molecule has 8 nitrogen and oxygen atoms in total. The Hall–Kier alpha value is -3.30. The van der Waals surface area contributed by atoms with Crippen molar-refractivity contribution in [3.05, 3.63) is 83.3 Å². The molecule has 3 aromatic rings. The van der Waals surface area contributed by atoms with E-state index < -0.39 is 27.9 Å². The molecule has 2 N–H and O–H groups in total. The predicted octanol–water partition coefficient (Wildman–Crippen LogP) is 3.66. The van der Waals surface area contributed by atoms with Crippen molar-refractivity contribution in [2.24, 2.45) is 0 Å². The molecule has 1 aromatic heterocycles. The van der Waals surface area contributed by atoms with Gasteiger partial charge < -0.3 is 15.1 Å². The number of rotatable bonds is 8. The van der Waals surface area contributed by atoms with Gasteiger partial charge in [-0.15, -0.1) is 0 Å². The quantitative estimate of drug-likeness (QED) is 0.516. The maximum atomic E-state index is 13.0. The maximum Gasteiger partial charge on any atom is 0.253 e. The van der Waals surface area contributed by atoms with Crippen LogP contribution >= 0.6 is 11.6 Å². The van der Waals surface area contributed by atoms with Gasteiger partial charge >= 0.3 is 0 Å². The van der Waals surface area contributed by atoms with Gasteiger partial charge in [0, 0.05) is 5.02 Å². The molecule has 0 aliphatic rings. The fraction of sp³-hybridized carbons (Fsp3) is 0.182. The number of para-hydroxylation sites is 1. The molecule has 0 bridgehead atoms. The first kappa shape index (κ1) is 23.4. The van der Waals surface area contributed by atoms with Crippen LogP contribution in [-0.2, 0) is 21.4 Å². The molecule has 0 aliphatic carbocycles. The highest BCUT2D eigenvalue weighted by Gasteiger charge is 2.29. The van der Waals surface area contributed by atoms with E-state index in [9.17, 15) is 18.0 Å². The van der Waals surface area contributed by atoms with Crippen molar-refractivity contribution in [3.63, 3.8) is 0 Å². The number of sulfonamides is 1. The Labute approximate surface area is 191 Å². The number of halogens is 1. The van der Waals surface area contributed by atoms with Crippen LogP contribution in [0.2, 0.25) is 5.02 Å². The van der Waals surface area contributed by atoms with E-state index in [0.29, 0.717) is 16.5 Å². The largest absolute Gasteiger partial charge is 0.467 e. The van der Waals surface area contributed by atoms with Gasteiger partial charge in [0.05, 0.1) is 36.0 Å². The van der Waals surface area contributed by atoms with Gasteiger partial charge in [0.25, 0.3) is 5.91 Å². The second-order valence-electron chi connectivity index (χ2n) is 7.01. The number of hydrogen-bond donors (Lipinski definition) is 2. The minimum Gasteiger partial charge on any atom is -0.467 e. The number of carbonyl (C=O) groups excluding carboxylic acids is 2. The smallest absolute Gasteiger partial charge is 0.253 e. The third kappa shape index (κ3) is 5.68. The molecule has 1 unspecified atom stereocenters. The summed E-state index contributed by atoms with van der Waals surface area (Å²) in [5, 5.41) is 5.82. The van der Waals surface area contributed by atoms with Crippen LogP contribution in [0.3, 0.4) is 0 Å². The first-order chi connectivity index (χ1) is 15.2. The van der Waals surface area contributed by atoms with E-state index in [1.54, 1.807) is 48.5 Å². The lowest BCUT2D eigenvalue weighted by molar-refractivity contribution is -0.116. The Morgan fingerprint density at radius 3 is 2.38 bits per heavy atom. The number of amides is 2. The average Bonchev–Trinajstić information content (AvgIpc) is 3.26. The monoisotopic (exact) mass is 475 g/mol. The fourth-order valence-corrected chi connectivity index (χ4v) is 4.40. The molecule has 3 rings (SSSR count). The lowest BCUT2D eigenvalue weighted by atomic mass is 10.1. The van der Waals surface area contributed by atoms with Crippen LogP contribution in [0.15, 0.2) is 71.3 Å². The zero-order chi connectivity index (χ0) is 23.3. The summed E-state index contributed by atoms with van der Waals surface area (Å²) < 4.78 is 31.1. The van der Waals surface area contributed by atoms with Gasteiger partial charge in [-0.3, -0.25) is 13.9 Å². The molecule has 0 radical (unpaired) electrons. The molecular weight excluding hydrogens is 454 g/mol. The van der Waals surface area contributed by atoms with Gasteiger partial charge in [0.1, 0.15) is 11.8 Å². The summed E-state index contributed by atoms with van der Waals surface area (Å²) in [4.78, 5) is 25.6. The highest BCUT2D eigenvalue weighted by Crippen LogP contribution is 2.24. The SMILES string of the molecule is CC(C(=O)Nc1ccccc1C(=O)NCc1ccco1)N(c1ccc(Cl)cc1)S(C)(=O)=O. The molecule has 2 amide bonds. The van der Waals surface area contributed by atoms with E-state index in [0.717, 1.165) is 10.6 Å².